The molecule has 0 fully saturated rings. The molecule has 0 amide bonds. The Hall–Kier alpha value is -1.43. The van der Waals surface area contributed by atoms with E-state index in [0.717, 1.165) is 33.9 Å². The summed E-state index contributed by atoms with van der Waals surface area (Å²) < 4.78 is 0. The van der Waals surface area contributed by atoms with Crippen molar-refractivity contribution in [2.24, 2.45) is 0 Å². The average molecular weight is 311 g/mol. The van der Waals surface area contributed by atoms with Crippen LogP contribution in [0.15, 0.2) is 35.7 Å². The highest BCUT2D eigenvalue weighted by atomic mass is 35.5. The van der Waals surface area contributed by atoms with Crippen molar-refractivity contribution in [1.29, 1.82) is 0 Å². The zero-order chi connectivity index (χ0) is 14.5. The Balaban J connectivity index is 1.87. The highest BCUT2D eigenvalue weighted by molar-refractivity contribution is 7.13. The fourth-order valence-corrected chi connectivity index (χ4v) is 2.85. The summed E-state index contributed by atoms with van der Waals surface area (Å²) in [5.41, 5.74) is 2.04. The van der Waals surface area contributed by atoms with Gasteiger partial charge in [0.15, 0.2) is 0 Å². The number of benzene rings is 1. The molecular formula is C14H15ClN2O2S. The standard InChI is InChI=1S/C14H15ClN2O2S/c1-10(6-12-4-2-3-5-13(12)15)16-8-11-7-14(17(18)19)20-9-11/h2-5,7,9-10,16H,6,8H2,1H3. The molecule has 2 rings (SSSR count). The molecule has 1 aromatic heterocycles. The van der Waals surface area contributed by atoms with Gasteiger partial charge in [0.1, 0.15) is 0 Å². The molecular weight excluding hydrogens is 296 g/mol. The Morgan fingerprint density at radius 3 is 2.85 bits per heavy atom. The molecule has 20 heavy (non-hydrogen) atoms. The molecule has 0 aliphatic rings. The van der Waals surface area contributed by atoms with Gasteiger partial charge in [-0.2, -0.15) is 0 Å². The molecule has 0 saturated carbocycles. The van der Waals surface area contributed by atoms with Crippen LogP contribution in [0.1, 0.15) is 18.1 Å². The number of nitro groups is 1. The average Bonchev–Trinajstić information content (AvgIpc) is 2.88. The molecule has 0 saturated heterocycles. The van der Waals surface area contributed by atoms with Crippen molar-refractivity contribution >= 4 is 27.9 Å². The third kappa shape index (κ3) is 4.03. The van der Waals surface area contributed by atoms with E-state index in [1.165, 1.54) is 0 Å². The van der Waals surface area contributed by atoms with Gasteiger partial charge < -0.3 is 5.32 Å². The number of nitrogens with one attached hydrogen (secondary N) is 1. The first-order valence-electron chi connectivity index (χ1n) is 6.25. The smallest absolute Gasteiger partial charge is 0.310 e. The maximum absolute atomic E-state index is 10.6. The monoisotopic (exact) mass is 310 g/mol. The van der Waals surface area contributed by atoms with E-state index in [9.17, 15) is 10.1 Å². The molecule has 0 spiro atoms. The van der Waals surface area contributed by atoms with Gasteiger partial charge in [-0.1, -0.05) is 41.1 Å². The number of hydrogen-bond acceptors (Lipinski definition) is 4. The van der Waals surface area contributed by atoms with Gasteiger partial charge in [0.25, 0.3) is 0 Å². The SMILES string of the molecule is CC(Cc1ccccc1Cl)NCc1csc([N+](=O)[O-])c1. The highest BCUT2D eigenvalue weighted by Crippen LogP contribution is 2.22. The summed E-state index contributed by atoms with van der Waals surface area (Å²) in [5, 5.41) is 16.7. The van der Waals surface area contributed by atoms with E-state index in [0.29, 0.717) is 6.54 Å². The van der Waals surface area contributed by atoms with Crippen LogP contribution in [0.5, 0.6) is 0 Å². The van der Waals surface area contributed by atoms with Gasteiger partial charge >= 0.3 is 5.00 Å². The Bertz CT molecular complexity index is 600. The highest BCUT2D eigenvalue weighted by Gasteiger charge is 2.11. The summed E-state index contributed by atoms with van der Waals surface area (Å²) in [6, 6.07) is 9.63. The third-order valence-corrected chi connectivity index (χ3v) is 4.26. The first kappa shape index (κ1) is 15.0. The minimum Gasteiger partial charge on any atom is -0.310 e. The van der Waals surface area contributed by atoms with Crippen LogP contribution in [-0.2, 0) is 13.0 Å². The van der Waals surface area contributed by atoms with Crippen molar-refractivity contribution in [3.63, 3.8) is 0 Å². The minimum absolute atomic E-state index is 0.181. The van der Waals surface area contributed by atoms with E-state index in [4.69, 9.17) is 11.6 Å². The molecule has 0 radical (unpaired) electrons. The molecule has 0 bridgehead atoms. The van der Waals surface area contributed by atoms with E-state index >= 15 is 0 Å². The topological polar surface area (TPSA) is 55.2 Å². The summed E-state index contributed by atoms with van der Waals surface area (Å²) in [7, 11) is 0. The van der Waals surface area contributed by atoms with Crippen LogP contribution in [0.25, 0.3) is 0 Å². The maximum Gasteiger partial charge on any atom is 0.324 e. The van der Waals surface area contributed by atoms with Crippen LogP contribution in [0.4, 0.5) is 5.00 Å². The van der Waals surface area contributed by atoms with Crippen molar-refractivity contribution in [2.75, 3.05) is 0 Å². The second kappa shape index (κ2) is 6.83. The van der Waals surface area contributed by atoms with Gasteiger partial charge in [-0.15, -0.1) is 0 Å². The molecule has 2 aromatic rings. The van der Waals surface area contributed by atoms with Crippen LogP contribution in [-0.4, -0.2) is 11.0 Å². The molecule has 0 aliphatic heterocycles. The summed E-state index contributed by atoms with van der Waals surface area (Å²) in [6.07, 6.45) is 0.825. The summed E-state index contributed by atoms with van der Waals surface area (Å²) in [6.45, 7) is 2.69. The van der Waals surface area contributed by atoms with Crippen LogP contribution in [0, 0.1) is 10.1 Å². The van der Waals surface area contributed by atoms with Gasteiger partial charge in [0, 0.05) is 29.1 Å². The first-order chi connectivity index (χ1) is 9.56. The molecule has 1 unspecified atom stereocenters. The zero-order valence-corrected chi connectivity index (χ0v) is 12.6. The number of nitrogens with zero attached hydrogens (tertiary/aromatic N) is 1. The predicted octanol–water partition coefficient (Wildman–Crippen LogP) is 4.03. The Morgan fingerprint density at radius 2 is 2.20 bits per heavy atom. The fourth-order valence-electron chi connectivity index (χ4n) is 1.91. The first-order valence-corrected chi connectivity index (χ1v) is 7.50. The van der Waals surface area contributed by atoms with E-state index < -0.39 is 0 Å². The van der Waals surface area contributed by atoms with Crippen molar-refractivity contribution in [3.8, 4) is 0 Å². The van der Waals surface area contributed by atoms with Gasteiger partial charge in [0.2, 0.25) is 0 Å². The van der Waals surface area contributed by atoms with E-state index in [-0.39, 0.29) is 16.0 Å². The molecule has 1 aromatic carbocycles. The quantitative estimate of drug-likeness (QED) is 0.647. The molecule has 4 nitrogen and oxygen atoms in total. The minimum atomic E-state index is -0.360. The number of rotatable bonds is 6. The molecule has 1 heterocycles. The van der Waals surface area contributed by atoms with Gasteiger partial charge in [0.05, 0.1) is 4.92 Å². The van der Waals surface area contributed by atoms with Crippen molar-refractivity contribution in [1.82, 2.24) is 5.32 Å². The van der Waals surface area contributed by atoms with Crippen molar-refractivity contribution < 1.29 is 4.92 Å². The number of halogens is 1. The van der Waals surface area contributed by atoms with Crippen LogP contribution in [0.2, 0.25) is 5.02 Å². The van der Waals surface area contributed by atoms with Crippen LogP contribution >= 0.6 is 22.9 Å². The molecule has 1 N–H and O–H groups in total. The zero-order valence-electron chi connectivity index (χ0n) is 11.0. The third-order valence-electron chi connectivity index (χ3n) is 2.96. The lowest BCUT2D eigenvalue weighted by Gasteiger charge is -2.14. The second-order valence-electron chi connectivity index (χ2n) is 4.63. The Morgan fingerprint density at radius 1 is 1.45 bits per heavy atom. The molecule has 1 atom stereocenters. The lowest BCUT2D eigenvalue weighted by molar-refractivity contribution is -0.380. The van der Waals surface area contributed by atoms with Crippen molar-refractivity contribution in [3.05, 3.63) is 62.0 Å². The lowest BCUT2D eigenvalue weighted by Crippen LogP contribution is -2.27. The second-order valence-corrected chi connectivity index (χ2v) is 5.92. The Kier molecular flexibility index (Phi) is 5.11. The van der Waals surface area contributed by atoms with E-state index in [1.54, 1.807) is 6.07 Å². The van der Waals surface area contributed by atoms with E-state index in [1.807, 2.05) is 29.6 Å². The largest absolute Gasteiger partial charge is 0.324 e. The summed E-state index contributed by atoms with van der Waals surface area (Å²) in [5.74, 6) is 0. The van der Waals surface area contributed by atoms with Crippen LogP contribution in [0.3, 0.4) is 0 Å². The predicted molar refractivity (Wildman–Crippen MR) is 82.4 cm³/mol. The van der Waals surface area contributed by atoms with Gasteiger partial charge in [-0.05, 0) is 30.5 Å². The van der Waals surface area contributed by atoms with E-state index in [2.05, 4.69) is 12.2 Å². The van der Waals surface area contributed by atoms with Crippen LogP contribution < -0.4 is 5.32 Å². The van der Waals surface area contributed by atoms with Gasteiger partial charge in [-0.25, -0.2) is 0 Å². The summed E-state index contributed by atoms with van der Waals surface area (Å²) in [4.78, 5) is 10.3. The van der Waals surface area contributed by atoms with Gasteiger partial charge in [-0.3, -0.25) is 10.1 Å². The number of thiophene rings is 1. The fraction of sp³-hybridized carbons (Fsp3) is 0.286. The Labute approximate surface area is 126 Å². The normalized spacial score (nSPS) is 12.3. The maximum atomic E-state index is 10.6. The molecule has 106 valence electrons. The molecule has 6 heteroatoms. The van der Waals surface area contributed by atoms with Crippen molar-refractivity contribution in [2.45, 2.75) is 25.9 Å². The molecule has 0 aliphatic carbocycles. The summed E-state index contributed by atoms with van der Waals surface area (Å²) >= 11 is 7.28. The number of hydrogen-bond donors (Lipinski definition) is 1. The lowest BCUT2D eigenvalue weighted by atomic mass is 10.1.